The molecule has 2 N–H and O–H groups in total. The minimum atomic E-state index is -0.312. The van der Waals surface area contributed by atoms with Gasteiger partial charge in [0, 0.05) is 17.3 Å². The van der Waals surface area contributed by atoms with Gasteiger partial charge in [-0.15, -0.1) is 0 Å². The number of carbonyl (C=O) groups is 1. The molecular formula is C14H19ClN2O2. The lowest BCUT2D eigenvalue weighted by molar-refractivity contribution is -0.117. The molecule has 1 aromatic carbocycles. The van der Waals surface area contributed by atoms with E-state index < -0.39 is 0 Å². The maximum atomic E-state index is 11.8. The van der Waals surface area contributed by atoms with E-state index in [0.717, 1.165) is 18.5 Å². The van der Waals surface area contributed by atoms with Crippen molar-refractivity contribution in [2.45, 2.75) is 18.9 Å². The summed E-state index contributed by atoms with van der Waals surface area (Å²) in [6.45, 7) is 0.811. The van der Waals surface area contributed by atoms with Crippen LogP contribution in [0.3, 0.4) is 0 Å². The molecule has 0 aliphatic heterocycles. The zero-order valence-electron chi connectivity index (χ0n) is 11.0. The Balaban J connectivity index is 1.75. The molecule has 19 heavy (non-hydrogen) atoms. The van der Waals surface area contributed by atoms with E-state index >= 15 is 0 Å². The molecule has 0 bridgehead atoms. The van der Waals surface area contributed by atoms with Crippen molar-refractivity contribution < 1.29 is 9.90 Å². The van der Waals surface area contributed by atoms with Crippen molar-refractivity contribution in [2.75, 3.05) is 25.5 Å². The fourth-order valence-corrected chi connectivity index (χ4v) is 2.12. The van der Waals surface area contributed by atoms with Crippen LogP contribution >= 0.6 is 11.6 Å². The highest BCUT2D eigenvalue weighted by Gasteiger charge is 2.30. The third-order valence-electron chi connectivity index (χ3n) is 3.21. The zero-order valence-corrected chi connectivity index (χ0v) is 11.7. The number of aliphatic hydroxyl groups excluding tert-OH is 1. The molecule has 1 unspecified atom stereocenters. The Morgan fingerprint density at radius 1 is 1.47 bits per heavy atom. The third-order valence-corrected chi connectivity index (χ3v) is 3.46. The van der Waals surface area contributed by atoms with Crippen LogP contribution in [0.25, 0.3) is 0 Å². The Hall–Kier alpha value is -1.10. The first kappa shape index (κ1) is 14.3. The Morgan fingerprint density at radius 3 is 2.68 bits per heavy atom. The van der Waals surface area contributed by atoms with E-state index in [4.69, 9.17) is 11.6 Å². The molecule has 0 radical (unpaired) electrons. The van der Waals surface area contributed by atoms with Crippen LogP contribution in [0, 0.1) is 5.92 Å². The molecular weight excluding hydrogens is 264 g/mol. The molecule has 1 fully saturated rings. The molecule has 1 aliphatic rings. The van der Waals surface area contributed by atoms with Crippen molar-refractivity contribution in [3.05, 3.63) is 29.3 Å². The van der Waals surface area contributed by atoms with Crippen LogP contribution in [0.1, 0.15) is 12.8 Å². The maximum Gasteiger partial charge on any atom is 0.238 e. The number of likely N-dealkylation sites (N-methyl/N-ethyl adjacent to an activating group) is 1. The lowest BCUT2D eigenvalue weighted by Gasteiger charge is -2.19. The molecule has 4 nitrogen and oxygen atoms in total. The van der Waals surface area contributed by atoms with Crippen LogP contribution in [-0.4, -0.2) is 42.2 Å². The number of benzene rings is 1. The lowest BCUT2D eigenvalue weighted by atomic mass is 10.2. The Bertz CT molecular complexity index is 432. The second-order valence-electron chi connectivity index (χ2n) is 5.16. The maximum absolute atomic E-state index is 11.8. The van der Waals surface area contributed by atoms with Crippen LogP contribution in [0.4, 0.5) is 5.69 Å². The van der Waals surface area contributed by atoms with Crippen molar-refractivity contribution in [1.82, 2.24) is 4.90 Å². The summed E-state index contributed by atoms with van der Waals surface area (Å²) >= 11 is 5.78. The van der Waals surface area contributed by atoms with Crippen molar-refractivity contribution >= 4 is 23.2 Å². The van der Waals surface area contributed by atoms with Gasteiger partial charge in [-0.05, 0) is 50.1 Å². The number of carbonyl (C=O) groups excluding carboxylic acids is 1. The van der Waals surface area contributed by atoms with Gasteiger partial charge in [0.25, 0.3) is 0 Å². The first-order valence-electron chi connectivity index (χ1n) is 6.46. The van der Waals surface area contributed by atoms with Gasteiger partial charge in [-0.1, -0.05) is 11.6 Å². The number of rotatable bonds is 6. The number of anilines is 1. The van der Waals surface area contributed by atoms with Crippen LogP contribution in [0.5, 0.6) is 0 Å². The fourth-order valence-electron chi connectivity index (χ4n) is 1.99. The average molecular weight is 283 g/mol. The van der Waals surface area contributed by atoms with E-state index in [1.807, 2.05) is 11.9 Å². The van der Waals surface area contributed by atoms with Gasteiger partial charge in [0.2, 0.25) is 5.91 Å². The summed E-state index contributed by atoms with van der Waals surface area (Å²) in [7, 11) is 1.84. The molecule has 1 saturated carbocycles. The van der Waals surface area contributed by atoms with E-state index in [-0.39, 0.29) is 18.6 Å². The van der Waals surface area contributed by atoms with E-state index in [1.54, 1.807) is 24.3 Å². The van der Waals surface area contributed by atoms with E-state index in [2.05, 4.69) is 5.32 Å². The standard InChI is InChI=1S/C14H19ClN2O2/c1-17(8-13(18)10-2-3-10)9-14(19)16-12-6-4-11(15)5-7-12/h4-7,10,13,18H,2-3,8-9H2,1H3,(H,16,19). The highest BCUT2D eigenvalue weighted by Crippen LogP contribution is 2.32. The second-order valence-corrected chi connectivity index (χ2v) is 5.59. The third kappa shape index (κ3) is 4.82. The predicted molar refractivity (Wildman–Crippen MR) is 76.3 cm³/mol. The van der Waals surface area contributed by atoms with Crippen LogP contribution in [0.2, 0.25) is 5.02 Å². The first-order valence-corrected chi connectivity index (χ1v) is 6.84. The molecule has 0 heterocycles. The number of halogens is 1. The summed E-state index contributed by atoms with van der Waals surface area (Å²) in [5.41, 5.74) is 0.727. The molecule has 1 atom stereocenters. The topological polar surface area (TPSA) is 52.6 Å². The molecule has 2 rings (SSSR count). The summed E-state index contributed by atoms with van der Waals surface area (Å²) in [6.07, 6.45) is 1.89. The lowest BCUT2D eigenvalue weighted by Crippen LogP contribution is -2.36. The molecule has 5 heteroatoms. The Morgan fingerprint density at radius 2 is 2.11 bits per heavy atom. The van der Waals surface area contributed by atoms with E-state index in [0.29, 0.717) is 17.5 Å². The smallest absolute Gasteiger partial charge is 0.238 e. The van der Waals surface area contributed by atoms with Crippen molar-refractivity contribution in [1.29, 1.82) is 0 Å². The SMILES string of the molecule is CN(CC(=O)Nc1ccc(Cl)cc1)CC(O)C1CC1. The molecule has 104 valence electrons. The predicted octanol–water partition coefficient (Wildman–Crippen LogP) is 1.98. The minimum absolute atomic E-state index is 0.0900. The molecule has 0 aromatic heterocycles. The normalized spacial score (nSPS) is 16.4. The number of aliphatic hydroxyl groups is 1. The number of hydrogen-bond acceptors (Lipinski definition) is 3. The van der Waals surface area contributed by atoms with E-state index in [1.165, 1.54) is 0 Å². The Labute approximate surface area is 118 Å². The average Bonchev–Trinajstić information content (AvgIpc) is 3.15. The van der Waals surface area contributed by atoms with Gasteiger partial charge in [0.15, 0.2) is 0 Å². The second kappa shape index (κ2) is 6.37. The first-order chi connectivity index (χ1) is 9.04. The van der Waals surface area contributed by atoms with Gasteiger partial charge in [-0.3, -0.25) is 9.69 Å². The Kier molecular flexibility index (Phi) is 4.80. The zero-order chi connectivity index (χ0) is 13.8. The van der Waals surface area contributed by atoms with E-state index in [9.17, 15) is 9.90 Å². The molecule has 1 aromatic rings. The number of amides is 1. The summed E-state index contributed by atoms with van der Waals surface area (Å²) in [5.74, 6) is 0.342. The van der Waals surface area contributed by atoms with Gasteiger partial charge in [-0.2, -0.15) is 0 Å². The van der Waals surface area contributed by atoms with Crippen molar-refractivity contribution in [3.8, 4) is 0 Å². The van der Waals surface area contributed by atoms with Gasteiger partial charge in [-0.25, -0.2) is 0 Å². The highest BCUT2D eigenvalue weighted by molar-refractivity contribution is 6.30. The number of nitrogens with zero attached hydrogens (tertiary/aromatic N) is 1. The van der Waals surface area contributed by atoms with Gasteiger partial charge >= 0.3 is 0 Å². The molecule has 0 spiro atoms. The van der Waals surface area contributed by atoms with Gasteiger partial charge in [0.1, 0.15) is 0 Å². The van der Waals surface area contributed by atoms with Crippen molar-refractivity contribution in [3.63, 3.8) is 0 Å². The summed E-state index contributed by atoms with van der Waals surface area (Å²) in [6, 6.07) is 6.99. The van der Waals surface area contributed by atoms with Gasteiger partial charge < -0.3 is 10.4 Å². The monoisotopic (exact) mass is 282 g/mol. The van der Waals surface area contributed by atoms with Crippen LogP contribution in [-0.2, 0) is 4.79 Å². The summed E-state index contributed by atoms with van der Waals surface area (Å²) in [4.78, 5) is 13.6. The number of nitrogens with one attached hydrogen (secondary N) is 1. The molecule has 0 saturated heterocycles. The molecule has 1 amide bonds. The van der Waals surface area contributed by atoms with Crippen molar-refractivity contribution in [2.24, 2.45) is 5.92 Å². The van der Waals surface area contributed by atoms with Crippen LogP contribution < -0.4 is 5.32 Å². The number of hydrogen-bond donors (Lipinski definition) is 2. The van der Waals surface area contributed by atoms with Gasteiger partial charge in [0.05, 0.1) is 12.6 Å². The minimum Gasteiger partial charge on any atom is -0.392 e. The summed E-state index contributed by atoms with van der Waals surface area (Å²) < 4.78 is 0. The highest BCUT2D eigenvalue weighted by atomic mass is 35.5. The fraction of sp³-hybridized carbons (Fsp3) is 0.500. The van der Waals surface area contributed by atoms with Crippen LogP contribution in [0.15, 0.2) is 24.3 Å². The largest absolute Gasteiger partial charge is 0.392 e. The quantitative estimate of drug-likeness (QED) is 0.839. The molecule has 1 aliphatic carbocycles. The summed E-state index contributed by atoms with van der Waals surface area (Å²) in [5, 5.41) is 13.2.